The van der Waals surface area contributed by atoms with Crippen LogP contribution in [0.1, 0.15) is 43.0 Å². The van der Waals surface area contributed by atoms with Crippen molar-refractivity contribution in [1.82, 2.24) is 9.97 Å². The molecule has 1 heterocycles. The molecule has 2 rings (SSSR count). The predicted octanol–water partition coefficient (Wildman–Crippen LogP) is 2.30. The molecule has 0 radical (unpaired) electrons. The molecule has 1 saturated carbocycles. The number of aliphatic hydroxyl groups is 1. The van der Waals surface area contributed by atoms with Gasteiger partial charge in [-0.3, -0.25) is 4.79 Å². The molecule has 1 aromatic heterocycles. The molecular weight excluding hydrogens is 266 g/mol. The Kier molecular flexibility index (Phi) is 4.37. The molecule has 19 heavy (non-hydrogen) atoms. The lowest BCUT2D eigenvalue weighted by atomic mass is 9.79. The number of nitrogens with one attached hydrogen (secondary N) is 1. The minimum Gasteiger partial charge on any atom is -0.388 e. The lowest BCUT2D eigenvalue weighted by Gasteiger charge is -2.35. The van der Waals surface area contributed by atoms with E-state index in [9.17, 15) is 9.90 Å². The summed E-state index contributed by atoms with van der Waals surface area (Å²) in [7, 11) is 0. The number of nitrogens with zero attached hydrogens (tertiary/aromatic N) is 2. The average molecular weight is 284 g/mol. The van der Waals surface area contributed by atoms with Crippen LogP contribution in [0, 0.1) is 5.92 Å². The SMILES string of the molecule is CC1CCCC(O)(CNc2ncnc(Cl)c2C=O)C1. The van der Waals surface area contributed by atoms with Gasteiger partial charge in [0.1, 0.15) is 17.3 Å². The summed E-state index contributed by atoms with van der Waals surface area (Å²) in [4.78, 5) is 18.7. The number of anilines is 1. The van der Waals surface area contributed by atoms with Crippen molar-refractivity contribution < 1.29 is 9.90 Å². The van der Waals surface area contributed by atoms with E-state index < -0.39 is 5.60 Å². The summed E-state index contributed by atoms with van der Waals surface area (Å²) in [6.07, 6.45) is 5.61. The summed E-state index contributed by atoms with van der Waals surface area (Å²) in [5, 5.41) is 13.6. The van der Waals surface area contributed by atoms with E-state index in [0.29, 0.717) is 24.6 Å². The first-order valence-corrected chi connectivity index (χ1v) is 6.84. The Bertz CT molecular complexity index is 469. The van der Waals surface area contributed by atoms with Crippen molar-refractivity contribution in [3.8, 4) is 0 Å². The van der Waals surface area contributed by atoms with Crippen molar-refractivity contribution in [3.63, 3.8) is 0 Å². The molecule has 1 aliphatic carbocycles. The van der Waals surface area contributed by atoms with E-state index in [0.717, 1.165) is 25.7 Å². The van der Waals surface area contributed by atoms with Crippen LogP contribution in [0.5, 0.6) is 0 Å². The second-order valence-corrected chi connectivity index (χ2v) is 5.68. The molecule has 2 atom stereocenters. The monoisotopic (exact) mass is 283 g/mol. The number of halogens is 1. The fraction of sp³-hybridized carbons (Fsp3) is 0.615. The van der Waals surface area contributed by atoms with Gasteiger partial charge in [-0.05, 0) is 18.8 Å². The van der Waals surface area contributed by atoms with Crippen molar-refractivity contribution in [2.24, 2.45) is 5.92 Å². The molecule has 2 N–H and O–H groups in total. The third-order valence-corrected chi connectivity index (χ3v) is 3.91. The summed E-state index contributed by atoms with van der Waals surface area (Å²) in [5.41, 5.74) is -0.508. The second-order valence-electron chi connectivity index (χ2n) is 5.32. The summed E-state index contributed by atoms with van der Waals surface area (Å²) < 4.78 is 0. The Morgan fingerprint density at radius 3 is 3.11 bits per heavy atom. The van der Waals surface area contributed by atoms with Crippen LogP contribution in [0.15, 0.2) is 6.33 Å². The van der Waals surface area contributed by atoms with Gasteiger partial charge in [-0.2, -0.15) is 0 Å². The Hall–Kier alpha value is -1.20. The van der Waals surface area contributed by atoms with Crippen LogP contribution in [0.4, 0.5) is 5.82 Å². The molecule has 2 unspecified atom stereocenters. The Morgan fingerprint density at radius 2 is 2.42 bits per heavy atom. The van der Waals surface area contributed by atoms with E-state index >= 15 is 0 Å². The number of hydrogen-bond donors (Lipinski definition) is 2. The van der Waals surface area contributed by atoms with Gasteiger partial charge in [0.05, 0.1) is 11.2 Å². The zero-order chi connectivity index (χ0) is 13.9. The number of aldehydes is 1. The van der Waals surface area contributed by atoms with E-state index in [2.05, 4.69) is 22.2 Å². The average Bonchev–Trinajstić information content (AvgIpc) is 2.36. The Morgan fingerprint density at radius 1 is 1.63 bits per heavy atom. The molecule has 1 fully saturated rings. The first kappa shape index (κ1) is 14.2. The normalized spacial score (nSPS) is 27.0. The topological polar surface area (TPSA) is 75.1 Å². The van der Waals surface area contributed by atoms with Gasteiger partial charge in [0.2, 0.25) is 0 Å². The molecule has 6 heteroatoms. The standard InChI is InChI=1S/C13H18ClN3O2/c1-9-3-2-4-13(19,5-9)7-15-12-10(6-18)11(14)16-8-17-12/h6,8-9,19H,2-5,7H2,1H3,(H,15,16,17). The molecule has 0 aromatic carbocycles. The van der Waals surface area contributed by atoms with Crippen LogP contribution in [-0.2, 0) is 0 Å². The summed E-state index contributed by atoms with van der Waals surface area (Å²) in [6.45, 7) is 2.51. The van der Waals surface area contributed by atoms with Crippen molar-refractivity contribution in [3.05, 3.63) is 17.0 Å². The van der Waals surface area contributed by atoms with Gasteiger partial charge >= 0.3 is 0 Å². The minimum absolute atomic E-state index is 0.122. The van der Waals surface area contributed by atoms with Crippen molar-refractivity contribution in [2.75, 3.05) is 11.9 Å². The molecular formula is C13H18ClN3O2. The number of aromatic nitrogens is 2. The van der Waals surface area contributed by atoms with Gasteiger partial charge in [-0.25, -0.2) is 9.97 Å². The predicted molar refractivity (Wildman–Crippen MR) is 73.5 cm³/mol. The first-order chi connectivity index (χ1) is 9.04. The van der Waals surface area contributed by atoms with Crippen LogP contribution < -0.4 is 5.32 Å². The van der Waals surface area contributed by atoms with Gasteiger partial charge in [0.15, 0.2) is 6.29 Å². The Labute approximate surface area is 117 Å². The van der Waals surface area contributed by atoms with E-state index in [1.54, 1.807) is 0 Å². The maximum atomic E-state index is 11.0. The van der Waals surface area contributed by atoms with Gasteiger partial charge in [0, 0.05) is 6.54 Å². The van der Waals surface area contributed by atoms with Gasteiger partial charge in [0.25, 0.3) is 0 Å². The number of hydrogen-bond acceptors (Lipinski definition) is 5. The lowest BCUT2D eigenvalue weighted by molar-refractivity contribution is -0.000846. The van der Waals surface area contributed by atoms with Gasteiger partial charge in [-0.1, -0.05) is 31.4 Å². The third kappa shape index (κ3) is 3.42. The Balaban J connectivity index is 2.06. The number of rotatable bonds is 4. The molecule has 0 amide bonds. The van der Waals surface area contributed by atoms with E-state index in [-0.39, 0.29) is 10.7 Å². The zero-order valence-electron chi connectivity index (χ0n) is 10.9. The molecule has 0 bridgehead atoms. The summed E-state index contributed by atoms with van der Waals surface area (Å²) >= 11 is 5.82. The van der Waals surface area contributed by atoms with Crippen LogP contribution >= 0.6 is 11.6 Å². The largest absolute Gasteiger partial charge is 0.388 e. The highest BCUT2D eigenvalue weighted by Gasteiger charge is 2.32. The summed E-state index contributed by atoms with van der Waals surface area (Å²) in [5.74, 6) is 0.890. The van der Waals surface area contributed by atoms with Crippen LogP contribution in [0.25, 0.3) is 0 Å². The molecule has 1 aliphatic rings. The molecule has 1 aromatic rings. The maximum absolute atomic E-state index is 11.0. The fourth-order valence-corrected chi connectivity index (χ4v) is 2.84. The smallest absolute Gasteiger partial charge is 0.156 e. The highest BCUT2D eigenvalue weighted by Crippen LogP contribution is 2.32. The number of carbonyl (C=O) groups excluding carboxylic acids is 1. The van der Waals surface area contributed by atoms with Crippen LogP contribution in [-0.4, -0.2) is 33.5 Å². The van der Waals surface area contributed by atoms with E-state index in [1.807, 2.05) is 0 Å². The molecule has 104 valence electrons. The zero-order valence-corrected chi connectivity index (χ0v) is 11.7. The van der Waals surface area contributed by atoms with Crippen molar-refractivity contribution in [1.29, 1.82) is 0 Å². The summed E-state index contributed by atoms with van der Waals surface area (Å²) in [6, 6.07) is 0. The van der Waals surface area contributed by atoms with E-state index in [4.69, 9.17) is 11.6 Å². The highest BCUT2D eigenvalue weighted by atomic mass is 35.5. The quantitative estimate of drug-likeness (QED) is 0.655. The van der Waals surface area contributed by atoms with Gasteiger partial charge < -0.3 is 10.4 Å². The molecule has 5 nitrogen and oxygen atoms in total. The number of carbonyl (C=O) groups is 1. The van der Waals surface area contributed by atoms with Gasteiger partial charge in [-0.15, -0.1) is 0 Å². The molecule has 0 spiro atoms. The first-order valence-electron chi connectivity index (χ1n) is 6.46. The fourth-order valence-electron chi connectivity index (χ4n) is 2.66. The van der Waals surface area contributed by atoms with Crippen molar-refractivity contribution >= 4 is 23.7 Å². The van der Waals surface area contributed by atoms with Crippen LogP contribution in [0.2, 0.25) is 5.15 Å². The van der Waals surface area contributed by atoms with Crippen LogP contribution in [0.3, 0.4) is 0 Å². The lowest BCUT2D eigenvalue weighted by Crippen LogP contribution is -2.41. The molecule has 0 saturated heterocycles. The third-order valence-electron chi connectivity index (χ3n) is 3.61. The van der Waals surface area contributed by atoms with Crippen molar-refractivity contribution in [2.45, 2.75) is 38.2 Å². The minimum atomic E-state index is -0.741. The highest BCUT2D eigenvalue weighted by molar-refractivity contribution is 6.32. The van der Waals surface area contributed by atoms with E-state index in [1.165, 1.54) is 6.33 Å². The second kappa shape index (κ2) is 5.84. The molecule has 0 aliphatic heterocycles. The maximum Gasteiger partial charge on any atom is 0.156 e.